The highest BCUT2D eigenvalue weighted by Crippen LogP contribution is 2.33. The summed E-state index contributed by atoms with van der Waals surface area (Å²) in [6.45, 7) is 4.40. The molecule has 0 radical (unpaired) electrons. The number of carbonyl (C=O) groups is 1. The van der Waals surface area contributed by atoms with Gasteiger partial charge in [0.05, 0.1) is 6.10 Å². The summed E-state index contributed by atoms with van der Waals surface area (Å²) in [5, 5.41) is 0. The van der Waals surface area contributed by atoms with Crippen LogP contribution >= 0.6 is 0 Å². The first kappa shape index (κ1) is 12.3. The number of carbonyl (C=O) groups excluding carboxylic acids is 1. The van der Waals surface area contributed by atoms with Gasteiger partial charge >= 0.3 is 0 Å². The van der Waals surface area contributed by atoms with Gasteiger partial charge in [-0.2, -0.15) is 0 Å². The molecule has 2 heteroatoms. The molecule has 1 heterocycles. The van der Waals surface area contributed by atoms with Gasteiger partial charge in [-0.3, -0.25) is 4.79 Å². The van der Waals surface area contributed by atoms with Gasteiger partial charge in [0.1, 0.15) is 6.10 Å². The molecule has 1 aromatic carbocycles. The van der Waals surface area contributed by atoms with Crippen molar-refractivity contribution in [3.8, 4) is 0 Å². The highest BCUT2D eigenvalue weighted by Gasteiger charge is 2.45. The molecule has 0 saturated carbocycles. The Morgan fingerprint density at radius 3 is 2.47 bits per heavy atom. The lowest BCUT2D eigenvalue weighted by molar-refractivity contribution is 0.0953. The van der Waals surface area contributed by atoms with Crippen molar-refractivity contribution in [2.45, 2.75) is 45.3 Å². The van der Waals surface area contributed by atoms with Crippen LogP contribution in [0, 0.1) is 5.92 Å². The van der Waals surface area contributed by atoms with Gasteiger partial charge in [0.25, 0.3) is 0 Å². The Bertz CT molecular complexity index is 368. The second-order valence-corrected chi connectivity index (χ2v) is 4.74. The molecule has 0 bridgehead atoms. The summed E-state index contributed by atoms with van der Waals surface area (Å²) in [5.74, 6) is 0.829. The maximum absolute atomic E-state index is 12.1. The molecule has 1 saturated heterocycles. The van der Waals surface area contributed by atoms with Gasteiger partial charge in [0.2, 0.25) is 0 Å². The number of ketones is 1. The van der Waals surface area contributed by atoms with Crippen LogP contribution < -0.4 is 0 Å². The summed E-state index contributed by atoms with van der Waals surface area (Å²) in [7, 11) is 0. The summed E-state index contributed by atoms with van der Waals surface area (Å²) in [5.41, 5.74) is 0.768. The van der Waals surface area contributed by atoms with E-state index in [0.717, 1.165) is 12.0 Å². The van der Waals surface area contributed by atoms with E-state index in [1.165, 1.54) is 12.8 Å². The third-order valence-corrected chi connectivity index (χ3v) is 3.62. The molecule has 1 aromatic rings. The predicted molar refractivity (Wildman–Crippen MR) is 68.1 cm³/mol. The molecular formula is C15H20O2. The van der Waals surface area contributed by atoms with Crippen molar-refractivity contribution in [2.24, 2.45) is 5.92 Å². The van der Waals surface area contributed by atoms with Crippen LogP contribution in [0.4, 0.5) is 0 Å². The highest BCUT2D eigenvalue weighted by atomic mass is 16.6. The maximum atomic E-state index is 12.1. The van der Waals surface area contributed by atoms with Gasteiger partial charge in [-0.05, 0) is 12.3 Å². The zero-order valence-electron chi connectivity index (χ0n) is 10.6. The van der Waals surface area contributed by atoms with Crippen LogP contribution in [0.2, 0.25) is 0 Å². The summed E-state index contributed by atoms with van der Waals surface area (Å²) in [6, 6.07) is 9.43. The molecule has 2 rings (SSSR count). The molecule has 1 fully saturated rings. The molecule has 1 aliphatic rings. The molecule has 92 valence electrons. The summed E-state index contributed by atoms with van der Waals surface area (Å²) >= 11 is 0. The largest absolute Gasteiger partial charge is 0.361 e. The molecule has 2 nitrogen and oxygen atoms in total. The fourth-order valence-electron chi connectivity index (χ4n) is 2.27. The van der Waals surface area contributed by atoms with Gasteiger partial charge in [-0.1, -0.05) is 57.0 Å². The second-order valence-electron chi connectivity index (χ2n) is 4.74. The van der Waals surface area contributed by atoms with E-state index in [-0.39, 0.29) is 18.0 Å². The minimum Gasteiger partial charge on any atom is -0.361 e. The number of benzene rings is 1. The van der Waals surface area contributed by atoms with E-state index in [1.54, 1.807) is 0 Å². The van der Waals surface area contributed by atoms with Gasteiger partial charge in [0, 0.05) is 5.56 Å². The molecule has 0 unspecified atom stereocenters. The zero-order chi connectivity index (χ0) is 12.3. The van der Waals surface area contributed by atoms with E-state index in [4.69, 9.17) is 4.74 Å². The zero-order valence-corrected chi connectivity index (χ0v) is 10.6. The summed E-state index contributed by atoms with van der Waals surface area (Å²) < 4.78 is 5.52. The number of Topliss-reactive ketones (excluding diaryl/α,β-unsaturated/α-hetero) is 1. The SMILES string of the molecule is CCC(CC)C[C@H]1O[C@@H]1C(=O)c1ccccc1. The highest BCUT2D eigenvalue weighted by molar-refractivity contribution is 6.01. The fourth-order valence-corrected chi connectivity index (χ4v) is 2.27. The number of ether oxygens (including phenoxy) is 1. The van der Waals surface area contributed by atoms with Crippen molar-refractivity contribution >= 4 is 5.78 Å². The van der Waals surface area contributed by atoms with E-state index in [1.807, 2.05) is 30.3 Å². The normalized spacial score (nSPS) is 22.8. The molecule has 2 atom stereocenters. The third-order valence-electron chi connectivity index (χ3n) is 3.62. The average Bonchev–Trinajstić information content (AvgIpc) is 3.15. The third kappa shape index (κ3) is 2.95. The quantitative estimate of drug-likeness (QED) is 0.555. The number of epoxide rings is 1. The van der Waals surface area contributed by atoms with Crippen LogP contribution in [-0.2, 0) is 4.74 Å². The minimum absolute atomic E-state index is 0.140. The van der Waals surface area contributed by atoms with Gasteiger partial charge in [-0.15, -0.1) is 0 Å². The average molecular weight is 232 g/mol. The van der Waals surface area contributed by atoms with Crippen molar-refractivity contribution in [3.05, 3.63) is 35.9 Å². The van der Waals surface area contributed by atoms with Crippen molar-refractivity contribution in [1.29, 1.82) is 0 Å². The summed E-state index contributed by atoms with van der Waals surface area (Å²) in [4.78, 5) is 12.1. The Morgan fingerprint density at radius 2 is 1.88 bits per heavy atom. The van der Waals surface area contributed by atoms with Crippen LogP contribution in [0.25, 0.3) is 0 Å². The second kappa shape index (κ2) is 5.46. The molecular weight excluding hydrogens is 212 g/mol. The van der Waals surface area contributed by atoms with Gasteiger partial charge in [0.15, 0.2) is 5.78 Å². The minimum atomic E-state index is -0.182. The van der Waals surface area contributed by atoms with Gasteiger partial charge in [-0.25, -0.2) is 0 Å². The smallest absolute Gasteiger partial charge is 0.194 e. The molecule has 1 aliphatic heterocycles. The molecule has 0 aliphatic carbocycles. The topological polar surface area (TPSA) is 29.6 Å². The van der Waals surface area contributed by atoms with Crippen molar-refractivity contribution < 1.29 is 9.53 Å². The van der Waals surface area contributed by atoms with Crippen LogP contribution in [0.3, 0.4) is 0 Å². The van der Waals surface area contributed by atoms with E-state index >= 15 is 0 Å². The molecule has 0 aromatic heterocycles. The molecule has 0 spiro atoms. The van der Waals surface area contributed by atoms with Gasteiger partial charge < -0.3 is 4.74 Å². The standard InChI is InChI=1S/C15H20O2/c1-3-11(4-2)10-13-15(17-13)14(16)12-8-6-5-7-9-12/h5-9,11,13,15H,3-4,10H2,1-2H3/t13-,15+/m1/s1. The first-order chi connectivity index (χ1) is 8.26. The Labute approximate surface area is 103 Å². The lowest BCUT2D eigenvalue weighted by Gasteiger charge is -2.08. The maximum Gasteiger partial charge on any atom is 0.194 e. The van der Waals surface area contributed by atoms with Crippen LogP contribution in [0.5, 0.6) is 0 Å². The number of hydrogen-bond donors (Lipinski definition) is 0. The van der Waals surface area contributed by atoms with Crippen LogP contribution in [0.1, 0.15) is 43.5 Å². The van der Waals surface area contributed by atoms with E-state index in [9.17, 15) is 4.79 Å². The Morgan fingerprint density at radius 1 is 1.24 bits per heavy atom. The first-order valence-electron chi connectivity index (χ1n) is 6.51. The van der Waals surface area contributed by atoms with Crippen LogP contribution in [0.15, 0.2) is 30.3 Å². The van der Waals surface area contributed by atoms with E-state index < -0.39 is 0 Å². The van der Waals surface area contributed by atoms with Crippen molar-refractivity contribution in [1.82, 2.24) is 0 Å². The first-order valence-corrected chi connectivity index (χ1v) is 6.51. The van der Waals surface area contributed by atoms with E-state index in [0.29, 0.717) is 5.92 Å². The van der Waals surface area contributed by atoms with Crippen molar-refractivity contribution in [2.75, 3.05) is 0 Å². The van der Waals surface area contributed by atoms with Crippen molar-refractivity contribution in [3.63, 3.8) is 0 Å². The van der Waals surface area contributed by atoms with Crippen LogP contribution in [-0.4, -0.2) is 18.0 Å². The fraction of sp³-hybridized carbons (Fsp3) is 0.533. The monoisotopic (exact) mass is 232 g/mol. The Kier molecular flexibility index (Phi) is 3.95. The lowest BCUT2D eigenvalue weighted by atomic mass is 9.95. The molecule has 17 heavy (non-hydrogen) atoms. The number of rotatable bonds is 6. The Balaban J connectivity index is 1.89. The number of hydrogen-bond acceptors (Lipinski definition) is 2. The van der Waals surface area contributed by atoms with E-state index in [2.05, 4.69) is 13.8 Å². The summed E-state index contributed by atoms with van der Waals surface area (Å²) in [6.07, 6.45) is 3.34. The Hall–Kier alpha value is -1.15. The molecule has 0 amide bonds. The predicted octanol–water partition coefficient (Wildman–Crippen LogP) is 3.46. The molecule has 0 N–H and O–H groups in total. The lowest BCUT2D eigenvalue weighted by Crippen LogP contribution is -2.12.